The molecule has 0 radical (unpaired) electrons. The van der Waals surface area contributed by atoms with Crippen LogP contribution in [0.15, 0.2) is 41.0 Å². The molecule has 0 saturated heterocycles. The van der Waals surface area contributed by atoms with Crippen LogP contribution in [0.2, 0.25) is 0 Å². The van der Waals surface area contributed by atoms with Crippen LogP contribution < -0.4 is 4.74 Å². The fourth-order valence-electron chi connectivity index (χ4n) is 2.12. The van der Waals surface area contributed by atoms with Crippen molar-refractivity contribution in [1.29, 1.82) is 0 Å². The molecule has 3 rings (SSSR count). The number of fused-ring (bicyclic) bond motifs is 3. The van der Waals surface area contributed by atoms with Gasteiger partial charge in [0, 0.05) is 10.8 Å². The summed E-state index contributed by atoms with van der Waals surface area (Å²) in [5.74, 6) is -1.97. The Balaban J connectivity index is 2.27. The summed E-state index contributed by atoms with van der Waals surface area (Å²) in [4.78, 5) is 0. The van der Waals surface area contributed by atoms with Crippen molar-refractivity contribution in [1.82, 2.24) is 0 Å². The largest absolute Gasteiger partial charge is 0.456 e. The maximum Gasteiger partial charge on any atom is 0.305 e. The third-order valence-electron chi connectivity index (χ3n) is 3.12. The van der Waals surface area contributed by atoms with E-state index in [0.717, 1.165) is 0 Å². The van der Waals surface area contributed by atoms with Crippen LogP contribution in [0.3, 0.4) is 0 Å². The molecule has 0 unspecified atom stereocenters. The molecule has 0 spiro atoms. The molecule has 0 N–H and O–H groups in total. The van der Waals surface area contributed by atoms with Gasteiger partial charge in [0.15, 0.2) is 29.0 Å². The Bertz CT molecular complexity index is 876. The Kier molecular flexibility index (Phi) is 3.08. The maximum absolute atomic E-state index is 14.2. The second-order valence-corrected chi connectivity index (χ2v) is 4.45. The number of benzene rings is 2. The van der Waals surface area contributed by atoms with Gasteiger partial charge < -0.3 is 9.15 Å². The number of hydrogen-bond donors (Lipinski definition) is 0. The molecule has 1 aromatic heterocycles. The zero-order chi connectivity index (χ0) is 15.1. The first kappa shape index (κ1) is 13.5. The number of rotatable bonds is 2. The molecule has 0 aliphatic heterocycles. The van der Waals surface area contributed by atoms with Gasteiger partial charge in [0.25, 0.3) is 0 Å². The zero-order valence-electron chi connectivity index (χ0n) is 10.7. The molecule has 0 saturated carbocycles. The number of aryl methyl sites for hydroxylation is 1. The van der Waals surface area contributed by atoms with E-state index in [9.17, 15) is 17.6 Å². The molecular formula is C15H8F4O2. The van der Waals surface area contributed by atoms with Gasteiger partial charge in [-0.05, 0) is 24.6 Å². The summed E-state index contributed by atoms with van der Waals surface area (Å²) in [7, 11) is 0. The van der Waals surface area contributed by atoms with E-state index in [4.69, 9.17) is 4.42 Å². The normalized spacial score (nSPS) is 11.1. The molecule has 0 bridgehead atoms. The third kappa shape index (κ3) is 2.12. The van der Waals surface area contributed by atoms with Crippen molar-refractivity contribution in [2.75, 3.05) is 0 Å². The van der Waals surface area contributed by atoms with Crippen LogP contribution >= 0.6 is 0 Å². The minimum atomic E-state index is -2.10. The predicted octanol–water partition coefficient (Wildman–Crippen LogP) is 5.29. The van der Waals surface area contributed by atoms with Crippen LogP contribution in [-0.2, 0) is 0 Å². The van der Waals surface area contributed by atoms with E-state index in [1.54, 1.807) is 19.1 Å². The summed E-state index contributed by atoms with van der Waals surface area (Å²) < 4.78 is 61.8. The zero-order valence-corrected chi connectivity index (χ0v) is 10.7. The van der Waals surface area contributed by atoms with Crippen LogP contribution in [0, 0.1) is 18.6 Å². The lowest BCUT2D eigenvalue weighted by molar-refractivity contribution is 0.356. The molecule has 2 aromatic carbocycles. The highest BCUT2D eigenvalue weighted by Crippen LogP contribution is 2.36. The highest BCUT2D eigenvalue weighted by Gasteiger charge is 2.18. The van der Waals surface area contributed by atoms with Gasteiger partial charge in [-0.15, -0.1) is 0 Å². The summed E-state index contributed by atoms with van der Waals surface area (Å²) in [5.41, 5.74) is 0.0498. The fraction of sp³-hybridized carbons (Fsp3) is 0.0667. The Morgan fingerprint density at radius 2 is 1.62 bits per heavy atom. The van der Waals surface area contributed by atoms with Crippen LogP contribution in [0.1, 0.15) is 5.56 Å². The minimum absolute atomic E-state index is 0.0757. The Morgan fingerprint density at radius 1 is 1.00 bits per heavy atom. The van der Waals surface area contributed by atoms with E-state index in [2.05, 4.69) is 4.74 Å². The highest BCUT2D eigenvalue weighted by atomic mass is 19.3. The van der Waals surface area contributed by atoms with E-state index in [1.165, 1.54) is 12.1 Å². The van der Waals surface area contributed by atoms with E-state index < -0.39 is 23.5 Å². The van der Waals surface area contributed by atoms with Gasteiger partial charge in [-0.2, -0.15) is 13.2 Å². The van der Waals surface area contributed by atoms with Gasteiger partial charge in [-0.25, -0.2) is 4.39 Å². The van der Waals surface area contributed by atoms with Crippen molar-refractivity contribution < 1.29 is 26.7 Å². The molecule has 0 aliphatic rings. The molecule has 1 heterocycles. The average molecular weight is 296 g/mol. The smallest absolute Gasteiger partial charge is 0.305 e. The van der Waals surface area contributed by atoms with Crippen molar-refractivity contribution >= 4 is 21.9 Å². The molecule has 6 heteroatoms. The van der Waals surface area contributed by atoms with Crippen molar-refractivity contribution in [2.24, 2.45) is 0 Å². The van der Waals surface area contributed by atoms with Gasteiger partial charge in [-0.3, -0.25) is 0 Å². The van der Waals surface area contributed by atoms with Gasteiger partial charge in [0.2, 0.25) is 5.82 Å². The summed E-state index contributed by atoms with van der Waals surface area (Å²) >= 11 is 0. The van der Waals surface area contributed by atoms with Crippen molar-refractivity contribution in [3.63, 3.8) is 0 Å². The molecule has 0 amide bonds. The topological polar surface area (TPSA) is 22.4 Å². The van der Waals surface area contributed by atoms with E-state index in [-0.39, 0.29) is 17.4 Å². The van der Waals surface area contributed by atoms with Gasteiger partial charge >= 0.3 is 6.08 Å². The van der Waals surface area contributed by atoms with Crippen LogP contribution in [0.5, 0.6) is 5.75 Å². The van der Waals surface area contributed by atoms with E-state index >= 15 is 0 Å². The SMILES string of the molecule is Cc1ccc2c(oc3c(F)c(OC=C(F)F)ccc32)c1F. The van der Waals surface area contributed by atoms with E-state index in [1.807, 2.05) is 0 Å². The molecule has 2 nitrogen and oxygen atoms in total. The maximum atomic E-state index is 14.2. The molecule has 3 aromatic rings. The summed E-state index contributed by atoms with van der Waals surface area (Å²) in [5, 5.41) is 0.754. The molecule has 21 heavy (non-hydrogen) atoms. The number of halogens is 4. The van der Waals surface area contributed by atoms with Gasteiger partial charge in [0.1, 0.15) is 0 Å². The van der Waals surface area contributed by atoms with E-state index in [0.29, 0.717) is 16.3 Å². The quantitative estimate of drug-likeness (QED) is 0.473. The number of furan rings is 1. The predicted molar refractivity (Wildman–Crippen MR) is 69.3 cm³/mol. The van der Waals surface area contributed by atoms with Crippen molar-refractivity contribution in [3.8, 4) is 5.75 Å². The summed E-state index contributed by atoms with van der Waals surface area (Å²) in [6.07, 6.45) is -1.97. The van der Waals surface area contributed by atoms with Gasteiger partial charge in [0.05, 0.1) is 0 Å². The van der Waals surface area contributed by atoms with Crippen LogP contribution in [0.4, 0.5) is 17.6 Å². The van der Waals surface area contributed by atoms with Crippen molar-refractivity contribution in [3.05, 3.63) is 53.8 Å². The Labute approximate surface area is 116 Å². The molecule has 0 atom stereocenters. The highest BCUT2D eigenvalue weighted by molar-refractivity contribution is 6.05. The van der Waals surface area contributed by atoms with Crippen molar-refractivity contribution in [2.45, 2.75) is 6.92 Å². The second-order valence-electron chi connectivity index (χ2n) is 4.45. The molecule has 108 valence electrons. The fourth-order valence-corrected chi connectivity index (χ4v) is 2.12. The summed E-state index contributed by atoms with van der Waals surface area (Å²) in [6.45, 7) is 1.56. The Morgan fingerprint density at radius 3 is 2.29 bits per heavy atom. The first-order valence-corrected chi connectivity index (χ1v) is 5.96. The third-order valence-corrected chi connectivity index (χ3v) is 3.12. The number of ether oxygens (including phenoxy) is 1. The minimum Gasteiger partial charge on any atom is -0.456 e. The summed E-state index contributed by atoms with van der Waals surface area (Å²) in [6, 6.07) is 5.78. The lowest BCUT2D eigenvalue weighted by atomic mass is 10.1. The average Bonchev–Trinajstić information content (AvgIpc) is 2.82. The second kappa shape index (κ2) is 4.80. The molecule has 0 aliphatic carbocycles. The number of hydrogen-bond acceptors (Lipinski definition) is 2. The lowest BCUT2D eigenvalue weighted by Gasteiger charge is -2.01. The molecule has 0 fully saturated rings. The Hall–Kier alpha value is -2.50. The standard InChI is InChI=1S/C15H8F4O2/c1-7-2-3-8-9-4-5-10(20-6-11(16)17)13(19)15(9)21-14(8)12(7)18/h2-6H,1H3. The first-order chi connectivity index (χ1) is 9.99. The van der Waals surface area contributed by atoms with Gasteiger partial charge in [-0.1, -0.05) is 12.1 Å². The van der Waals surface area contributed by atoms with Crippen LogP contribution in [-0.4, -0.2) is 0 Å². The monoisotopic (exact) mass is 296 g/mol. The first-order valence-electron chi connectivity index (χ1n) is 5.96. The lowest BCUT2D eigenvalue weighted by Crippen LogP contribution is -1.87. The van der Waals surface area contributed by atoms with Crippen LogP contribution in [0.25, 0.3) is 21.9 Å². The molecular weight excluding hydrogens is 288 g/mol.